The Kier molecular flexibility index (Phi) is 6.95. The Hall–Kier alpha value is -1.94. The van der Waals surface area contributed by atoms with E-state index in [9.17, 15) is 13.2 Å². The molecule has 2 aliphatic heterocycles. The topological polar surface area (TPSA) is 76.2 Å². The summed E-state index contributed by atoms with van der Waals surface area (Å²) in [4.78, 5) is 14.4. The van der Waals surface area contributed by atoms with Gasteiger partial charge in [-0.2, -0.15) is 4.31 Å². The zero-order valence-corrected chi connectivity index (χ0v) is 19.2. The first-order valence-electron chi connectivity index (χ1n) is 9.93. The summed E-state index contributed by atoms with van der Waals surface area (Å²) in [6.07, 6.45) is 0. The Morgan fingerprint density at radius 1 is 0.968 bits per heavy atom. The third-order valence-electron chi connectivity index (χ3n) is 5.15. The highest BCUT2D eigenvalue weighted by molar-refractivity contribution is 7.99. The number of fused-ring (bicyclic) bond motifs is 1. The molecule has 2 aliphatic rings. The Balaban J connectivity index is 1.29. The molecule has 0 atom stereocenters. The number of carbonyl (C=O) groups is 1. The SMILES string of the molecule is O=C(CSCc1ccc(Cl)cc1)N1CCN(S(=O)(=O)c2ccc3c(c2)OCCO3)CC1. The lowest BCUT2D eigenvalue weighted by Gasteiger charge is -2.34. The molecule has 0 unspecified atom stereocenters. The number of halogens is 1. The van der Waals surface area contributed by atoms with Crippen molar-refractivity contribution in [2.24, 2.45) is 0 Å². The van der Waals surface area contributed by atoms with Gasteiger partial charge in [-0.1, -0.05) is 23.7 Å². The van der Waals surface area contributed by atoms with Crippen LogP contribution in [0.3, 0.4) is 0 Å². The molecule has 0 aliphatic carbocycles. The fourth-order valence-electron chi connectivity index (χ4n) is 3.44. The zero-order valence-electron chi connectivity index (χ0n) is 16.8. The van der Waals surface area contributed by atoms with Crippen LogP contribution in [0, 0.1) is 0 Å². The standard InChI is InChI=1S/C21H23ClN2O5S2/c22-17-3-1-16(2-4-17)14-30-15-21(25)23-7-9-24(10-8-23)31(26,27)18-5-6-19-20(13-18)29-12-11-28-19/h1-6,13H,7-12,14-15H2. The van der Waals surface area contributed by atoms with E-state index < -0.39 is 10.0 Å². The van der Waals surface area contributed by atoms with Crippen molar-refractivity contribution in [3.63, 3.8) is 0 Å². The summed E-state index contributed by atoms with van der Waals surface area (Å²) >= 11 is 7.42. The first-order chi connectivity index (χ1) is 14.9. The van der Waals surface area contributed by atoms with Crippen LogP contribution < -0.4 is 9.47 Å². The second-order valence-electron chi connectivity index (χ2n) is 7.21. The molecule has 0 saturated carbocycles. The summed E-state index contributed by atoms with van der Waals surface area (Å²) < 4.78 is 38.4. The maximum absolute atomic E-state index is 13.0. The van der Waals surface area contributed by atoms with Gasteiger partial charge in [0.1, 0.15) is 13.2 Å². The average molecular weight is 483 g/mol. The maximum atomic E-state index is 13.0. The summed E-state index contributed by atoms with van der Waals surface area (Å²) in [6.45, 7) is 2.14. The van der Waals surface area contributed by atoms with Gasteiger partial charge >= 0.3 is 0 Å². The van der Waals surface area contributed by atoms with Gasteiger partial charge in [-0.15, -0.1) is 11.8 Å². The summed E-state index contributed by atoms with van der Waals surface area (Å²) in [7, 11) is -3.66. The summed E-state index contributed by atoms with van der Waals surface area (Å²) in [6, 6.07) is 12.2. The predicted molar refractivity (Wildman–Crippen MR) is 120 cm³/mol. The summed E-state index contributed by atoms with van der Waals surface area (Å²) in [5.41, 5.74) is 1.11. The molecule has 0 N–H and O–H groups in total. The number of hydrogen-bond donors (Lipinski definition) is 0. The van der Waals surface area contributed by atoms with Crippen molar-refractivity contribution in [2.45, 2.75) is 10.6 Å². The number of carbonyl (C=O) groups excluding carboxylic acids is 1. The Bertz CT molecular complexity index is 1040. The van der Waals surface area contributed by atoms with Crippen LogP contribution in [0.15, 0.2) is 47.4 Å². The van der Waals surface area contributed by atoms with Gasteiger partial charge in [-0.3, -0.25) is 4.79 Å². The van der Waals surface area contributed by atoms with Gasteiger partial charge in [-0.05, 0) is 29.8 Å². The van der Waals surface area contributed by atoms with Gasteiger partial charge in [0.25, 0.3) is 0 Å². The lowest BCUT2D eigenvalue weighted by Crippen LogP contribution is -2.51. The fourth-order valence-corrected chi connectivity index (χ4v) is 5.89. The molecule has 1 amide bonds. The second-order valence-corrected chi connectivity index (χ2v) is 10.6. The van der Waals surface area contributed by atoms with Crippen molar-refractivity contribution in [1.82, 2.24) is 9.21 Å². The Labute approximate surface area is 191 Å². The van der Waals surface area contributed by atoms with E-state index in [0.29, 0.717) is 48.6 Å². The van der Waals surface area contributed by atoms with Crippen LogP contribution >= 0.6 is 23.4 Å². The van der Waals surface area contributed by atoms with E-state index in [1.54, 1.807) is 11.0 Å². The predicted octanol–water partition coefficient (Wildman–Crippen LogP) is 2.88. The number of rotatable bonds is 6. The van der Waals surface area contributed by atoms with Crippen molar-refractivity contribution >= 4 is 39.3 Å². The molecule has 0 aromatic heterocycles. The van der Waals surface area contributed by atoms with E-state index >= 15 is 0 Å². The monoisotopic (exact) mass is 482 g/mol. The van der Waals surface area contributed by atoms with Crippen molar-refractivity contribution in [3.05, 3.63) is 53.1 Å². The van der Waals surface area contributed by atoms with E-state index in [1.807, 2.05) is 24.3 Å². The van der Waals surface area contributed by atoms with Crippen LogP contribution in [0.25, 0.3) is 0 Å². The fraction of sp³-hybridized carbons (Fsp3) is 0.381. The number of amides is 1. The van der Waals surface area contributed by atoms with Crippen molar-refractivity contribution in [3.8, 4) is 11.5 Å². The number of ether oxygens (including phenoxy) is 2. The summed E-state index contributed by atoms with van der Waals surface area (Å²) in [5.74, 6) is 2.10. The molecule has 4 rings (SSSR count). The molecule has 10 heteroatoms. The molecule has 0 bridgehead atoms. The molecule has 31 heavy (non-hydrogen) atoms. The van der Waals surface area contributed by atoms with Crippen LogP contribution in [-0.4, -0.2) is 68.7 Å². The van der Waals surface area contributed by atoms with Crippen LogP contribution in [0.4, 0.5) is 0 Å². The van der Waals surface area contributed by atoms with Gasteiger partial charge in [0, 0.05) is 43.0 Å². The highest BCUT2D eigenvalue weighted by Gasteiger charge is 2.31. The highest BCUT2D eigenvalue weighted by Crippen LogP contribution is 2.33. The minimum atomic E-state index is -3.66. The number of nitrogens with zero attached hydrogens (tertiary/aromatic N) is 2. The number of piperazine rings is 1. The van der Waals surface area contributed by atoms with E-state index in [-0.39, 0.29) is 23.9 Å². The van der Waals surface area contributed by atoms with E-state index in [2.05, 4.69) is 0 Å². The van der Waals surface area contributed by atoms with Crippen LogP contribution in [-0.2, 0) is 20.6 Å². The average Bonchev–Trinajstić information content (AvgIpc) is 2.80. The number of sulfonamides is 1. The largest absolute Gasteiger partial charge is 0.486 e. The Morgan fingerprint density at radius 2 is 1.65 bits per heavy atom. The minimum absolute atomic E-state index is 0.0235. The summed E-state index contributed by atoms with van der Waals surface area (Å²) in [5, 5.41) is 0.689. The minimum Gasteiger partial charge on any atom is -0.486 e. The molecular formula is C21H23ClN2O5S2. The molecule has 2 heterocycles. The molecule has 0 radical (unpaired) electrons. The van der Waals surface area contributed by atoms with Crippen LogP contribution in [0.2, 0.25) is 5.02 Å². The maximum Gasteiger partial charge on any atom is 0.243 e. The molecule has 2 aromatic rings. The number of thioether (sulfide) groups is 1. The van der Waals surface area contributed by atoms with Gasteiger partial charge in [0.2, 0.25) is 15.9 Å². The number of benzene rings is 2. The molecule has 1 saturated heterocycles. The highest BCUT2D eigenvalue weighted by atomic mass is 35.5. The lowest BCUT2D eigenvalue weighted by atomic mass is 10.2. The molecule has 166 valence electrons. The van der Waals surface area contributed by atoms with Crippen molar-refractivity contribution < 1.29 is 22.7 Å². The zero-order chi connectivity index (χ0) is 21.8. The van der Waals surface area contributed by atoms with Gasteiger partial charge in [-0.25, -0.2) is 8.42 Å². The van der Waals surface area contributed by atoms with Crippen LogP contribution in [0.5, 0.6) is 11.5 Å². The smallest absolute Gasteiger partial charge is 0.243 e. The normalized spacial score (nSPS) is 16.9. The van der Waals surface area contributed by atoms with Crippen LogP contribution in [0.1, 0.15) is 5.56 Å². The lowest BCUT2D eigenvalue weighted by molar-refractivity contribution is -0.129. The van der Waals surface area contributed by atoms with Gasteiger partial charge < -0.3 is 14.4 Å². The third-order valence-corrected chi connectivity index (χ3v) is 8.29. The molecule has 7 nitrogen and oxygen atoms in total. The molecule has 1 fully saturated rings. The molecule has 0 spiro atoms. The quantitative estimate of drug-likeness (QED) is 0.630. The van der Waals surface area contributed by atoms with E-state index in [0.717, 1.165) is 11.3 Å². The van der Waals surface area contributed by atoms with Gasteiger partial charge in [0.15, 0.2) is 11.5 Å². The number of hydrogen-bond acceptors (Lipinski definition) is 6. The molecule has 2 aromatic carbocycles. The Morgan fingerprint density at radius 3 is 2.35 bits per heavy atom. The van der Waals surface area contributed by atoms with Gasteiger partial charge in [0.05, 0.1) is 10.6 Å². The van der Waals surface area contributed by atoms with Crippen molar-refractivity contribution in [2.75, 3.05) is 45.1 Å². The van der Waals surface area contributed by atoms with Crippen molar-refractivity contribution in [1.29, 1.82) is 0 Å². The molecular weight excluding hydrogens is 460 g/mol. The van der Waals surface area contributed by atoms with E-state index in [4.69, 9.17) is 21.1 Å². The van der Waals surface area contributed by atoms with E-state index in [1.165, 1.54) is 28.2 Å². The second kappa shape index (κ2) is 9.68. The third kappa shape index (κ3) is 5.28. The first-order valence-corrected chi connectivity index (χ1v) is 12.9. The first kappa shape index (κ1) is 22.3.